The van der Waals surface area contributed by atoms with Crippen LogP contribution in [-0.4, -0.2) is 103 Å². The average Bonchev–Trinajstić information content (AvgIpc) is 3.09. The van der Waals surface area contributed by atoms with Crippen LogP contribution >= 0.6 is 0 Å². The van der Waals surface area contributed by atoms with Crippen LogP contribution in [0.3, 0.4) is 0 Å². The number of hydrogen-bond donors (Lipinski definition) is 3. The predicted octanol–water partition coefficient (Wildman–Crippen LogP) is 3.07. The Kier molecular flexibility index (Phi) is 12.7. The van der Waals surface area contributed by atoms with Gasteiger partial charge in [-0.3, -0.25) is 0 Å². The number of carboxylic acids is 1. The largest absolute Gasteiger partial charge is 0.479 e. The summed E-state index contributed by atoms with van der Waals surface area (Å²) in [5.74, 6) is -3.28. The number of carboxylic acid groups (broad SMARTS) is 1. The fourth-order valence-corrected chi connectivity index (χ4v) is 6.06. The molecule has 0 radical (unpaired) electrons. The lowest BCUT2D eigenvalue weighted by Gasteiger charge is -2.51. The second kappa shape index (κ2) is 16.9. The Labute approximate surface area is 280 Å². The third-order valence-corrected chi connectivity index (χ3v) is 8.46. The summed E-state index contributed by atoms with van der Waals surface area (Å²) in [6, 6.07) is 28.5. The first-order valence-corrected chi connectivity index (χ1v) is 15.8. The second-order valence-electron chi connectivity index (χ2n) is 11.9. The van der Waals surface area contributed by atoms with Gasteiger partial charge in [0.15, 0.2) is 18.2 Å². The number of aliphatic hydroxyl groups is 2. The zero-order chi connectivity index (χ0) is 34.1. The molecule has 3 aromatic rings. The molecular weight excluding hydrogens is 624 g/mol. The summed E-state index contributed by atoms with van der Waals surface area (Å²) in [7, 11) is 2.71. The molecule has 48 heavy (non-hydrogen) atoms. The molecule has 0 aromatic heterocycles. The third-order valence-electron chi connectivity index (χ3n) is 8.46. The van der Waals surface area contributed by atoms with Crippen LogP contribution in [0.1, 0.15) is 23.6 Å². The molecule has 2 saturated heterocycles. The van der Waals surface area contributed by atoms with Gasteiger partial charge >= 0.3 is 5.97 Å². The van der Waals surface area contributed by atoms with Crippen LogP contribution in [0, 0.1) is 0 Å². The Balaban J connectivity index is 1.49. The summed E-state index contributed by atoms with van der Waals surface area (Å²) in [4.78, 5) is 12.1. The van der Waals surface area contributed by atoms with E-state index in [-0.39, 0.29) is 26.4 Å². The van der Waals surface area contributed by atoms with Gasteiger partial charge in [0, 0.05) is 14.2 Å². The van der Waals surface area contributed by atoms with E-state index in [4.69, 9.17) is 37.9 Å². The number of methoxy groups -OCH3 is 2. The minimum Gasteiger partial charge on any atom is -0.479 e. The molecule has 3 N–H and O–H groups in total. The highest BCUT2D eigenvalue weighted by Crippen LogP contribution is 2.37. The normalized spacial score (nSPS) is 32.1. The number of aliphatic carboxylic acids is 1. The minimum atomic E-state index is -1.88. The first-order valence-electron chi connectivity index (χ1n) is 15.8. The van der Waals surface area contributed by atoms with Gasteiger partial charge in [-0.05, 0) is 23.6 Å². The molecule has 0 aliphatic carbocycles. The summed E-state index contributed by atoms with van der Waals surface area (Å²) >= 11 is 0. The van der Waals surface area contributed by atoms with Gasteiger partial charge in [-0.1, -0.05) is 91.0 Å². The number of carbonyl (C=O) groups is 1. The van der Waals surface area contributed by atoms with Crippen molar-refractivity contribution in [1.29, 1.82) is 0 Å². The highest BCUT2D eigenvalue weighted by molar-refractivity contribution is 5.73. The standard InChI is InChI=1S/C36H44O12/c1-36(40)33(45-21-25-17-11-6-12-18-25)31(44-20-24-15-9-5-10-16-24)28(26(48-36)22-43-19-23-13-7-4-8-14-23)46-35-32(42-3)29(41-2)27(37)30(47-35)34(38)39/h4-18,26-33,35,37,40H,19-22H2,1-3H3,(H,38,39)/t26-,27+,28-,29+,30-,31+,32-,33-,35-,36-/m1/s1. The van der Waals surface area contributed by atoms with E-state index in [1.807, 2.05) is 91.0 Å². The van der Waals surface area contributed by atoms with Gasteiger partial charge in [0.2, 0.25) is 0 Å². The maximum atomic E-state index is 12.1. The van der Waals surface area contributed by atoms with Crippen molar-refractivity contribution in [1.82, 2.24) is 0 Å². The van der Waals surface area contributed by atoms with E-state index in [0.717, 1.165) is 16.7 Å². The van der Waals surface area contributed by atoms with Crippen LogP contribution in [0.25, 0.3) is 0 Å². The molecule has 0 saturated carbocycles. The van der Waals surface area contributed by atoms with Gasteiger partial charge in [0.05, 0.1) is 26.4 Å². The van der Waals surface area contributed by atoms with Crippen LogP contribution in [0.5, 0.6) is 0 Å². The number of ether oxygens (including phenoxy) is 8. The molecule has 0 bridgehead atoms. The Morgan fingerprint density at radius 1 is 0.750 bits per heavy atom. The highest BCUT2D eigenvalue weighted by atomic mass is 16.7. The fraction of sp³-hybridized carbons (Fsp3) is 0.472. The zero-order valence-corrected chi connectivity index (χ0v) is 27.2. The molecule has 0 spiro atoms. The lowest BCUT2D eigenvalue weighted by molar-refractivity contribution is -0.389. The number of rotatable bonds is 15. The van der Waals surface area contributed by atoms with Gasteiger partial charge in [-0.2, -0.15) is 0 Å². The SMILES string of the molecule is CO[C@H]1[C@H](O[C@H]2[C@H](OCc3ccccc3)[C@@H](OCc3ccccc3)[C@](C)(O)O[C@@H]2COCc2ccccc2)O[C@@H](C(=O)O)[C@@H](O)[C@@H]1OC. The molecule has 0 amide bonds. The van der Waals surface area contributed by atoms with Gasteiger partial charge in [-0.25, -0.2) is 4.79 Å². The van der Waals surface area contributed by atoms with E-state index in [2.05, 4.69) is 0 Å². The lowest BCUT2D eigenvalue weighted by atomic mass is 9.92. The van der Waals surface area contributed by atoms with Crippen LogP contribution < -0.4 is 0 Å². The first-order chi connectivity index (χ1) is 23.2. The number of hydrogen-bond acceptors (Lipinski definition) is 11. The molecule has 2 aliphatic rings. The third kappa shape index (κ3) is 8.84. The molecule has 2 heterocycles. The Bertz CT molecular complexity index is 1390. The van der Waals surface area contributed by atoms with Crippen molar-refractivity contribution >= 4 is 5.97 Å². The number of benzene rings is 3. The predicted molar refractivity (Wildman–Crippen MR) is 170 cm³/mol. The topological polar surface area (TPSA) is 152 Å². The molecule has 3 aromatic carbocycles. The maximum absolute atomic E-state index is 12.1. The van der Waals surface area contributed by atoms with Crippen molar-refractivity contribution in [3.8, 4) is 0 Å². The van der Waals surface area contributed by atoms with Gasteiger partial charge in [0.1, 0.15) is 42.7 Å². The van der Waals surface area contributed by atoms with Gasteiger partial charge in [-0.15, -0.1) is 0 Å². The van der Waals surface area contributed by atoms with E-state index >= 15 is 0 Å². The van der Waals surface area contributed by atoms with E-state index in [1.54, 1.807) is 0 Å². The van der Waals surface area contributed by atoms with E-state index < -0.39 is 66.9 Å². The molecule has 10 atom stereocenters. The number of aliphatic hydroxyl groups excluding tert-OH is 1. The molecule has 260 valence electrons. The molecular formula is C36H44O12. The summed E-state index contributed by atoms with van der Waals surface area (Å²) in [6.45, 7) is 1.95. The van der Waals surface area contributed by atoms with Crippen molar-refractivity contribution in [3.05, 3.63) is 108 Å². The Morgan fingerprint density at radius 3 is 1.79 bits per heavy atom. The molecule has 12 nitrogen and oxygen atoms in total. The molecule has 12 heteroatoms. The summed E-state index contributed by atoms with van der Waals surface area (Å²) in [5.41, 5.74) is 2.64. The van der Waals surface area contributed by atoms with E-state index in [0.29, 0.717) is 0 Å². The first kappa shape index (κ1) is 36.0. The fourth-order valence-electron chi connectivity index (χ4n) is 6.06. The molecule has 5 rings (SSSR count). The second-order valence-corrected chi connectivity index (χ2v) is 11.9. The van der Waals surface area contributed by atoms with E-state index in [1.165, 1.54) is 21.1 Å². The van der Waals surface area contributed by atoms with Gasteiger partial charge in [0.25, 0.3) is 0 Å². The Morgan fingerprint density at radius 2 is 1.27 bits per heavy atom. The van der Waals surface area contributed by atoms with Crippen LogP contribution in [0.4, 0.5) is 0 Å². The molecule has 0 unspecified atom stereocenters. The van der Waals surface area contributed by atoms with Crippen LogP contribution in [0.2, 0.25) is 0 Å². The summed E-state index contributed by atoms with van der Waals surface area (Å²) in [5, 5.41) is 32.4. The summed E-state index contributed by atoms with van der Waals surface area (Å²) < 4.78 is 48.7. The van der Waals surface area contributed by atoms with Crippen LogP contribution in [-0.2, 0) is 62.5 Å². The van der Waals surface area contributed by atoms with Crippen molar-refractivity contribution in [3.63, 3.8) is 0 Å². The highest BCUT2D eigenvalue weighted by Gasteiger charge is 2.57. The zero-order valence-electron chi connectivity index (χ0n) is 27.2. The van der Waals surface area contributed by atoms with Gasteiger partial charge < -0.3 is 53.2 Å². The van der Waals surface area contributed by atoms with Crippen molar-refractivity contribution in [2.24, 2.45) is 0 Å². The molecule has 2 fully saturated rings. The lowest BCUT2D eigenvalue weighted by Crippen LogP contribution is -2.68. The average molecular weight is 669 g/mol. The smallest absolute Gasteiger partial charge is 0.335 e. The maximum Gasteiger partial charge on any atom is 0.335 e. The van der Waals surface area contributed by atoms with Crippen molar-refractivity contribution in [2.45, 2.75) is 87.7 Å². The summed E-state index contributed by atoms with van der Waals surface area (Å²) in [6.07, 6.45) is -10.9. The monoisotopic (exact) mass is 668 g/mol. The quantitative estimate of drug-likeness (QED) is 0.218. The van der Waals surface area contributed by atoms with E-state index in [9.17, 15) is 20.1 Å². The van der Waals surface area contributed by atoms with Crippen molar-refractivity contribution < 1.29 is 58.0 Å². The van der Waals surface area contributed by atoms with Crippen LogP contribution in [0.15, 0.2) is 91.0 Å². The Hall–Kier alpha value is -3.27. The minimum absolute atomic E-state index is 0.0463. The molecule has 2 aliphatic heterocycles. The van der Waals surface area contributed by atoms with Crippen molar-refractivity contribution in [2.75, 3.05) is 20.8 Å².